The molecule has 0 heterocycles. The van der Waals surface area contributed by atoms with Crippen LogP contribution in [-0.2, 0) is 10.0 Å². The fourth-order valence-electron chi connectivity index (χ4n) is 1.46. The minimum absolute atomic E-state index is 0.260. The van der Waals surface area contributed by atoms with E-state index in [1.54, 1.807) is 13.8 Å². The van der Waals surface area contributed by atoms with Gasteiger partial charge in [0.2, 0.25) is 10.0 Å². The van der Waals surface area contributed by atoms with Crippen LogP contribution in [0.15, 0.2) is 24.3 Å². The summed E-state index contributed by atoms with van der Waals surface area (Å²) in [5.74, 6) is 5.70. The monoisotopic (exact) mass is 280 g/mol. The Bertz CT molecular complexity index is 566. The SMILES string of the molecule is CC(NS(=O)(=O)C(C)C)c1ccc(C#CCN)cc1. The number of hydrogen-bond donors (Lipinski definition) is 2. The highest BCUT2D eigenvalue weighted by Gasteiger charge is 2.19. The van der Waals surface area contributed by atoms with Crippen molar-refractivity contribution < 1.29 is 8.42 Å². The van der Waals surface area contributed by atoms with Gasteiger partial charge in [-0.1, -0.05) is 24.0 Å². The number of sulfonamides is 1. The fourth-order valence-corrected chi connectivity index (χ4v) is 2.36. The second-order valence-electron chi connectivity index (χ2n) is 4.56. The van der Waals surface area contributed by atoms with Crippen LogP contribution in [0.5, 0.6) is 0 Å². The molecule has 0 aliphatic carbocycles. The normalized spacial score (nSPS) is 12.9. The third-order valence-corrected chi connectivity index (χ3v) is 4.63. The highest BCUT2D eigenvalue weighted by molar-refractivity contribution is 7.90. The summed E-state index contributed by atoms with van der Waals surface area (Å²) in [5, 5.41) is -0.440. The molecule has 19 heavy (non-hydrogen) atoms. The van der Waals surface area contributed by atoms with Gasteiger partial charge in [0.15, 0.2) is 0 Å². The van der Waals surface area contributed by atoms with Gasteiger partial charge in [-0.25, -0.2) is 13.1 Å². The maximum atomic E-state index is 11.8. The third kappa shape index (κ3) is 4.67. The maximum Gasteiger partial charge on any atom is 0.214 e. The average molecular weight is 280 g/mol. The summed E-state index contributed by atoms with van der Waals surface area (Å²) < 4.78 is 26.2. The summed E-state index contributed by atoms with van der Waals surface area (Å²) in [7, 11) is -3.26. The molecular formula is C14H20N2O2S. The lowest BCUT2D eigenvalue weighted by Crippen LogP contribution is -2.32. The summed E-state index contributed by atoms with van der Waals surface area (Å²) in [4.78, 5) is 0. The molecule has 4 nitrogen and oxygen atoms in total. The maximum absolute atomic E-state index is 11.8. The van der Waals surface area contributed by atoms with Crippen molar-refractivity contribution in [3.8, 4) is 11.8 Å². The van der Waals surface area contributed by atoms with Gasteiger partial charge < -0.3 is 5.73 Å². The predicted molar refractivity (Wildman–Crippen MR) is 78.0 cm³/mol. The van der Waals surface area contributed by atoms with Gasteiger partial charge in [0.1, 0.15) is 0 Å². The lowest BCUT2D eigenvalue weighted by atomic mass is 10.1. The number of hydrogen-bond acceptors (Lipinski definition) is 3. The first-order valence-corrected chi connectivity index (χ1v) is 7.71. The summed E-state index contributed by atoms with van der Waals surface area (Å²) in [6, 6.07) is 7.20. The molecule has 1 aromatic rings. The summed E-state index contributed by atoms with van der Waals surface area (Å²) in [6.45, 7) is 5.45. The van der Waals surface area contributed by atoms with E-state index in [1.165, 1.54) is 0 Å². The van der Waals surface area contributed by atoms with Gasteiger partial charge in [-0.15, -0.1) is 0 Å². The first-order valence-electron chi connectivity index (χ1n) is 6.17. The Hall–Kier alpha value is -1.35. The molecule has 0 saturated heterocycles. The van der Waals surface area contributed by atoms with Gasteiger partial charge in [-0.3, -0.25) is 0 Å². The molecule has 0 aliphatic rings. The van der Waals surface area contributed by atoms with Gasteiger partial charge in [-0.05, 0) is 38.5 Å². The van der Waals surface area contributed by atoms with Crippen LogP contribution in [0.4, 0.5) is 0 Å². The van der Waals surface area contributed by atoms with Crippen LogP contribution < -0.4 is 10.5 Å². The molecule has 0 spiro atoms. The standard InChI is InChI=1S/C14H20N2O2S/c1-11(2)19(17,18)16-12(3)14-8-6-13(7-9-14)5-4-10-15/h6-9,11-12,16H,10,15H2,1-3H3. The molecular weight excluding hydrogens is 260 g/mol. The van der Waals surface area contributed by atoms with E-state index in [4.69, 9.17) is 5.73 Å². The fraction of sp³-hybridized carbons (Fsp3) is 0.429. The first kappa shape index (κ1) is 15.7. The van der Waals surface area contributed by atoms with E-state index in [0.29, 0.717) is 6.54 Å². The Morgan fingerprint density at radius 1 is 1.21 bits per heavy atom. The topological polar surface area (TPSA) is 72.2 Å². The zero-order valence-electron chi connectivity index (χ0n) is 11.5. The Balaban J connectivity index is 2.81. The highest BCUT2D eigenvalue weighted by atomic mass is 32.2. The number of nitrogens with one attached hydrogen (secondary N) is 1. The molecule has 3 N–H and O–H groups in total. The quantitative estimate of drug-likeness (QED) is 0.819. The Morgan fingerprint density at radius 2 is 1.79 bits per heavy atom. The third-order valence-electron chi connectivity index (χ3n) is 2.71. The lowest BCUT2D eigenvalue weighted by Gasteiger charge is -2.16. The van der Waals surface area contributed by atoms with E-state index in [2.05, 4.69) is 16.6 Å². The van der Waals surface area contributed by atoms with E-state index in [1.807, 2.05) is 31.2 Å². The van der Waals surface area contributed by atoms with E-state index in [9.17, 15) is 8.42 Å². The van der Waals surface area contributed by atoms with E-state index >= 15 is 0 Å². The summed E-state index contributed by atoms with van der Waals surface area (Å²) in [5.41, 5.74) is 7.08. The molecule has 0 bridgehead atoms. The van der Waals surface area contributed by atoms with Gasteiger partial charge in [0.25, 0.3) is 0 Å². The Morgan fingerprint density at radius 3 is 2.26 bits per heavy atom. The summed E-state index contributed by atoms with van der Waals surface area (Å²) in [6.07, 6.45) is 0. The van der Waals surface area contributed by atoms with E-state index in [0.717, 1.165) is 11.1 Å². The molecule has 0 radical (unpaired) electrons. The second kappa shape index (κ2) is 6.71. The van der Waals surface area contributed by atoms with Crippen LogP contribution in [0.1, 0.15) is 37.9 Å². The minimum Gasteiger partial charge on any atom is -0.320 e. The Labute approximate surface area is 115 Å². The van der Waals surface area contributed by atoms with E-state index < -0.39 is 15.3 Å². The second-order valence-corrected chi connectivity index (χ2v) is 6.83. The van der Waals surface area contributed by atoms with Crippen molar-refractivity contribution in [2.45, 2.75) is 32.1 Å². The lowest BCUT2D eigenvalue weighted by molar-refractivity contribution is 0.558. The molecule has 104 valence electrons. The summed E-state index contributed by atoms with van der Waals surface area (Å²) >= 11 is 0. The largest absolute Gasteiger partial charge is 0.320 e. The van der Waals surface area contributed by atoms with Crippen LogP contribution >= 0.6 is 0 Å². The molecule has 1 unspecified atom stereocenters. The van der Waals surface area contributed by atoms with Crippen LogP contribution in [-0.4, -0.2) is 20.2 Å². The van der Waals surface area contributed by atoms with Crippen LogP contribution in [0, 0.1) is 11.8 Å². The molecule has 1 aromatic carbocycles. The van der Waals surface area contributed by atoms with Crippen molar-refractivity contribution in [2.24, 2.45) is 5.73 Å². The molecule has 0 saturated carbocycles. The molecule has 0 aromatic heterocycles. The smallest absolute Gasteiger partial charge is 0.214 e. The molecule has 1 rings (SSSR count). The van der Waals surface area contributed by atoms with Gasteiger partial charge >= 0.3 is 0 Å². The van der Waals surface area contributed by atoms with Gasteiger partial charge in [0.05, 0.1) is 11.8 Å². The zero-order chi connectivity index (χ0) is 14.5. The van der Waals surface area contributed by atoms with Crippen LogP contribution in [0.3, 0.4) is 0 Å². The number of benzene rings is 1. The van der Waals surface area contributed by atoms with E-state index in [-0.39, 0.29) is 6.04 Å². The van der Waals surface area contributed by atoms with Crippen molar-refractivity contribution in [2.75, 3.05) is 6.54 Å². The van der Waals surface area contributed by atoms with Crippen LogP contribution in [0.25, 0.3) is 0 Å². The number of rotatable bonds is 4. The van der Waals surface area contributed by atoms with Crippen molar-refractivity contribution in [3.63, 3.8) is 0 Å². The molecule has 5 heteroatoms. The minimum atomic E-state index is -3.26. The predicted octanol–water partition coefficient (Wildman–Crippen LogP) is 1.39. The average Bonchev–Trinajstić information content (AvgIpc) is 2.36. The van der Waals surface area contributed by atoms with Crippen molar-refractivity contribution in [1.29, 1.82) is 0 Å². The molecule has 0 amide bonds. The van der Waals surface area contributed by atoms with Crippen LogP contribution in [0.2, 0.25) is 0 Å². The zero-order valence-corrected chi connectivity index (χ0v) is 12.3. The molecule has 1 atom stereocenters. The van der Waals surface area contributed by atoms with Crippen molar-refractivity contribution in [3.05, 3.63) is 35.4 Å². The van der Waals surface area contributed by atoms with Crippen molar-refractivity contribution in [1.82, 2.24) is 4.72 Å². The molecule has 0 aliphatic heterocycles. The molecule has 0 fully saturated rings. The first-order chi connectivity index (χ1) is 8.86. The number of nitrogens with two attached hydrogens (primary N) is 1. The highest BCUT2D eigenvalue weighted by Crippen LogP contribution is 2.15. The van der Waals surface area contributed by atoms with Crippen molar-refractivity contribution >= 4 is 10.0 Å². The van der Waals surface area contributed by atoms with Gasteiger partial charge in [0, 0.05) is 11.6 Å². The van der Waals surface area contributed by atoms with Gasteiger partial charge in [-0.2, -0.15) is 0 Å². The Kier molecular flexibility index (Phi) is 5.55.